The number of hydrogen-bond acceptors (Lipinski definition) is 8. The van der Waals surface area contributed by atoms with Crippen LogP contribution in [-0.2, 0) is 6.54 Å². The summed E-state index contributed by atoms with van der Waals surface area (Å²) in [6, 6.07) is 3.76. The minimum Gasteiger partial charge on any atom is -0.336 e. The molecule has 5 aromatic heterocycles. The molecule has 0 spiro atoms. The number of H-pyrrole nitrogens is 2. The third kappa shape index (κ3) is 4.95. The lowest BCUT2D eigenvalue weighted by Gasteiger charge is -2.13. The zero-order valence-corrected chi connectivity index (χ0v) is 22.6. The molecule has 0 aliphatic heterocycles. The average Bonchev–Trinajstić information content (AvgIpc) is 3.73. The van der Waals surface area contributed by atoms with Gasteiger partial charge in [-0.05, 0) is 56.6 Å². The fourth-order valence-corrected chi connectivity index (χ4v) is 5.37. The summed E-state index contributed by atoms with van der Waals surface area (Å²) in [4.78, 5) is 27.1. The van der Waals surface area contributed by atoms with Crippen molar-refractivity contribution in [3.63, 3.8) is 0 Å². The Hall–Kier alpha value is -4.51. The van der Waals surface area contributed by atoms with Gasteiger partial charge < -0.3 is 15.2 Å². The molecule has 1 aliphatic carbocycles. The van der Waals surface area contributed by atoms with E-state index in [2.05, 4.69) is 47.2 Å². The molecule has 40 heavy (non-hydrogen) atoms. The van der Waals surface area contributed by atoms with Crippen molar-refractivity contribution in [1.29, 1.82) is 0 Å². The second-order valence-electron chi connectivity index (χ2n) is 10.3. The van der Waals surface area contributed by atoms with E-state index >= 15 is 4.39 Å². The first-order valence-corrected chi connectivity index (χ1v) is 13.4. The van der Waals surface area contributed by atoms with Crippen LogP contribution in [0.2, 0.25) is 0 Å². The molecule has 10 nitrogen and oxygen atoms in total. The first-order chi connectivity index (χ1) is 19.5. The number of anilines is 1. The van der Waals surface area contributed by atoms with Gasteiger partial charge in [0.1, 0.15) is 16.9 Å². The number of hydrogen-bond donors (Lipinski definition) is 3. The van der Waals surface area contributed by atoms with Crippen LogP contribution in [0.5, 0.6) is 0 Å². The Kier molecular flexibility index (Phi) is 7.04. The lowest BCUT2D eigenvalue weighted by atomic mass is 10.1. The summed E-state index contributed by atoms with van der Waals surface area (Å²) in [5.41, 5.74) is 4.77. The Morgan fingerprint density at radius 3 is 2.88 bits per heavy atom. The van der Waals surface area contributed by atoms with Crippen molar-refractivity contribution in [2.24, 2.45) is 10.9 Å². The number of nitrogens with one attached hydrogen (secondary N) is 3. The molecule has 5 heterocycles. The van der Waals surface area contributed by atoms with Gasteiger partial charge in [-0.3, -0.25) is 20.1 Å². The topological polar surface area (TPSA) is 124 Å². The smallest absolute Gasteiger partial charge is 0.161 e. The maximum Gasteiger partial charge on any atom is 0.161 e. The summed E-state index contributed by atoms with van der Waals surface area (Å²) in [7, 11) is 1.86. The molecule has 1 saturated carbocycles. The Labute approximate surface area is 230 Å². The number of fused-ring (bicyclic) bond motifs is 2. The van der Waals surface area contributed by atoms with E-state index in [4.69, 9.17) is 4.98 Å². The Bertz CT molecular complexity index is 1710. The molecule has 1 fully saturated rings. The van der Waals surface area contributed by atoms with Crippen molar-refractivity contribution in [1.82, 2.24) is 40.4 Å². The largest absolute Gasteiger partial charge is 0.336 e. The normalized spacial score (nSPS) is 14.4. The van der Waals surface area contributed by atoms with Gasteiger partial charge in [0.05, 0.1) is 28.3 Å². The number of aliphatic imine (C=N–C) groups is 1. The second kappa shape index (κ2) is 10.9. The van der Waals surface area contributed by atoms with Gasteiger partial charge in [0.25, 0.3) is 0 Å². The van der Waals surface area contributed by atoms with E-state index in [-0.39, 0.29) is 5.69 Å². The fourth-order valence-electron chi connectivity index (χ4n) is 5.37. The number of rotatable bonds is 9. The van der Waals surface area contributed by atoms with Gasteiger partial charge in [-0.2, -0.15) is 5.10 Å². The summed E-state index contributed by atoms with van der Waals surface area (Å²) in [5.74, 6) is 1.30. The van der Waals surface area contributed by atoms with Crippen LogP contribution in [0.25, 0.3) is 44.7 Å². The van der Waals surface area contributed by atoms with Crippen LogP contribution in [0.4, 0.5) is 10.2 Å². The number of aromatic nitrogens is 7. The Balaban J connectivity index is 1.33. The van der Waals surface area contributed by atoms with Crippen molar-refractivity contribution in [3.05, 3.63) is 60.2 Å². The average molecular weight is 539 g/mol. The highest BCUT2D eigenvalue weighted by Gasteiger charge is 2.22. The molecule has 1 aliphatic rings. The van der Waals surface area contributed by atoms with Gasteiger partial charge >= 0.3 is 0 Å². The van der Waals surface area contributed by atoms with Gasteiger partial charge in [0, 0.05) is 43.9 Å². The number of imidazole rings is 1. The van der Waals surface area contributed by atoms with Gasteiger partial charge in [-0.25, -0.2) is 14.4 Å². The Morgan fingerprint density at radius 2 is 2.05 bits per heavy atom. The molecule has 0 radical (unpaired) electrons. The molecule has 0 aromatic carbocycles. The van der Waals surface area contributed by atoms with Crippen LogP contribution in [0.3, 0.4) is 0 Å². The number of halogens is 1. The monoisotopic (exact) mass is 538 g/mol. The van der Waals surface area contributed by atoms with Crippen LogP contribution >= 0.6 is 0 Å². The number of aromatic amines is 2. The SMILES string of the molecule is C=N/C(C)=C\N(C)c1nccc2[nH]c(-c3n[nH]c4cnc(-c5cncc(CNCC6CCCC6)c5)c(F)c34)nc12. The fraction of sp³-hybridized carbons (Fsp3) is 0.310. The van der Waals surface area contributed by atoms with Crippen molar-refractivity contribution in [3.8, 4) is 22.8 Å². The third-order valence-corrected chi connectivity index (χ3v) is 7.42. The molecule has 5 aromatic rings. The quantitative estimate of drug-likeness (QED) is 0.215. The van der Waals surface area contributed by atoms with Gasteiger partial charge in [-0.15, -0.1) is 0 Å². The lowest BCUT2D eigenvalue weighted by molar-refractivity contribution is 0.489. The van der Waals surface area contributed by atoms with Crippen molar-refractivity contribution < 1.29 is 4.39 Å². The maximum atomic E-state index is 16.1. The molecule has 11 heteroatoms. The summed E-state index contributed by atoms with van der Waals surface area (Å²) in [5, 5.41) is 11.1. The van der Waals surface area contributed by atoms with Crippen molar-refractivity contribution in [2.75, 3.05) is 18.5 Å². The van der Waals surface area contributed by atoms with E-state index in [0.717, 1.165) is 29.2 Å². The summed E-state index contributed by atoms with van der Waals surface area (Å²) < 4.78 is 16.1. The number of pyridine rings is 3. The highest BCUT2D eigenvalue weighted by molar-refractivity contribution is 5.96. The minimum atomic E-state index is -0.481. The molecule has 3 N–H and O–H groups in total. The molecule has 6 rings (SSSR count). The van der Waals surface area contributed by atoms with Crippen LogP contribution in [-0.4, -0.2) is 55.4 Å². The molecule has 0 atom stereocenters. The van der Waals surface area contributed by atoms with Crippen molar-refractivity contribution in [2.45, 2.75) is 39.2 Å². The van der Waals surface area contributed by atoms with Gasteiger partial charge in [0.15, 0.2) is 17.5 Å². The molecular formula is C29H31FN10. The third-order valence-electron chi connectivity index (χ3n) is 7.42. The van der Waals surface area contributed by atoms with E-state index in [9.17, 15) is 0 Å². The summed E-state index contributed by atoms with van der Waals surface area (Å²) in [6.45, 7) is 7.08. The van der Waals surface area contributed by atoms with Crippen molar-refractivity contribution >= 4 is 34.5 Å². The first kappa shape index (κ1) is 25.8. The molecule has 0 bridgehead atoms. The van der Waals surface area contributed by atoms with E-state index in [1.165, 1.54) is 25.7 Å². The highest BCUT2D eigenvalue weighted by atomic mass is 19.1. The predicted molar refractivity (Wildman–Crippen MR) is 155 cm³/mol. The molecule has 0 amide bonds. The zero-order chi connectivity index (χ0) is 27.6. The zero-order valence-electron chi connectivity index (χ0n) is 22.6. The van der Waals surface area contributed by atoms with Gasteiger partial charge in [0.2, 0.25) is 0 Å². The number of allylic oxidation sites excluding steroid dienone is 1. The molecular weight excluding hydrogens is 507 g/mol. The van der Waals surface area contributed by atoms with Crippen LogP contribution < -0.4 is 10.2 Å². The van der Waals surface area contributed by atoms with E-state index in [1.807, 2.05) is 43.4 Å². The molecule has 0 saturated heterocycles. The van der Waals surface area contributed by atoms with Crippen LogP contribution in [0, 0.1) is 11.7 Å². The summed E-state index contributed by atoms with van der Waals surface area (Å²) in [6.07, 6.45) is 13.8. The second-order valence-corrected chi connectivity index (χ2v) is 10.3. The Morgan fingerprint density at radius 1 is 1.20 bits per heavy atom. The minimum absolute atomic E-state index is 0.219. The summed E-state index contributed by atoms with van der Waals surface area (Å²) >= 11 is 0. The predicted octanol–water partition coefficient (Wildman–Crippen LogP) is 5.38. The van der Waals surface area contributed by atoms with E-state index in [1.54, 1.807) is 18.6 Å². The molecule has 204 valence electrons. The van der Waals surface area contributed by atoms with E-state index in [0.29, 0.717) is 45.9 Å². The van der Waals surface area contributed by atoms with Crippen LogP contribution in [0.1, 0.15) is 38.2 Å². The maximum absolute atomic E-state index is 16.1. The standard InChI is InChI=1S/C29H31FN10/c1-17(31-2)16-40(3)29-26-21(8-9-34-29)36-28(37-26)27-23-22(38-39-27)15-35-25(24(23)30)20-10-19(13-33-14-20)12-32-11-18-6-4-5-7-18/h8-10,13-16,18,32H,2,4-7,11-12H2,1,3H3,(H,36,37)(H,38,39)/b17-16-. The van der Waals surface area contributed by atoms with Crippen LogP contribution in [0.15, 0.2) is 53.8 Å². The van der Waals surface area contributed by atoms with E-state index < -0.39 is 5.82 Å². The molecule has 0 unspecified atom stereocenters. The first-order valence-electron chi connectivity index (χ1n) is 13.4. The van der Waals surface area contributed by atoms with Gasteiger partial charge in [-0.1, -0.05) is 12.8 Å². The number of nitrogens with zero attached hydrogens (tertiary/aromatic N) is 7. The highest BCUT2D eigenvalue weighted by Crippen LogP contribution is 2.33. The lowest BCUT2D eigenvalue weighted by Crippen LogP contribution is -2.20.